The molecule has 2 unspecified atom stereocenters. The van der Waals surface area contributed by atoms with Gasteiger partial charge >= 0.3 is 0 Å². The first-order chi connectivity index (χ1) is 6.75. The van der Waals surface area contributed by atoms with Crippen molar-refractivity contribution in [2.75, 3.05) is 13.1 Å². The molecule has 2 heteroatoms. The van der Waals surface area contributed by atoms with Gasteiger partial charge in [0.25, 0.3) is 0 Å². The summed E-state index contributed by atoms with van der Waals surface area (Å²) in [6, 6.07) is 0.765. The number of likely N-dealkylation sites (tertiary alicyclic amines) is 1. The van der Waals surface area contributed by atoms with E-state index in [2.05, 4.69) is 18.7 Å². The van der Waals surface area contributed by atoms with Gasteiger partial charge in [0.2, 0.25) is 0 Å². The highest BCUT2D eigenvalue weighted by molar-refractivity contribution is 5.48. The molecule has 0 amide bonds. The lowest BCUT2D eigenvalue weighted by Crippen LogP contribution is -2.30. The van der Waals surface area contributed by atoms with Crippen molar-refractivity contribution in [2.24, 2.45) is 5.92 Å². The monoisotopic (exact) mass is 197 g/mol. The standard InChI is InChI=1S/C12H23NO/c1-11-7-9-13(12(11)2)8-5-3-4-6-10-14/h10-12H,3-9H2,1-2H3. The van der Waals surface area contributed by atoms with Crippen LogP contribution in [0.15, 0.2) is 0 Å². The fraction of sp³-hybridized carbons (Fsp3) is 0.917. The van der Waals surface area contributed by atoms with Gasteiger partial charge in [0.1, 0.15) is 6.29 Å². The third kappa shape index (κ3) is 3.41. The molecule has 1 aliphatic heterocycles. The van der Waals surface area contributed by atoms with Crippen molar-refractivity contribution >= 4 is 6.29 Å². The van der Waals surface area contributed by atoms with E-state index < -0.39 is 0 Å². The molecular formula is C12H23NO. The van der Waals surface area contributed by atoms with Gasteiger partial charge in [-0.3, -0.25) is 0 Å². The number of nitrogens with zero attached hydrogens (tertiary/aromatic N) is 1. The van der Waals surface area contributed by atoms with Gasteiger partial charge in [0.15, 0.2) is 0 Å². The second-order valence-electron chi connectivity index (χ2n) is 4.56. The van der Waals surface area contributed by atoms with Gasteiger partial charge in [0.05, 0.1) is 0 Å². The average molecular weight is 197 g/mol. The summed E-state index contributed by atoms with van der Waals surface area (Å²) >= 11 is 0. The van der Waals surface area contributed by atoms with Gasteiger partial charge in [-0.05, 0) is 45.2 Å². The Bertz CT molecular complexity index is 170. The van der Waals surface area contributed by atoms with Crippen LogP contribution in [0.25, 0.3) is 0 Å². The van der Waals surface area contributed by atoms with E-state index in [0.717, 1.165) is 31.1 Å². The molecule has 1 fully saturated rings. The maximum Gasteiger partial charge on any atom is 0.119 e. The van der Waals surface area contributed by atoms with Gasteiger partial charge in [0, 0.05) is 12.5 Å². The first-order valence-electron chi connectivity index (χ1n) is 5.93. The number of hydrogen-bond donors (Lipinski definition) is 0. The Kier molecular flexibility index (Phi) is 5.16. The molecule has 2 atom stereocenters. The molecule has 2 nitrogen and oxygen atoms in total. The zero-order chi connectivity index (χ0) is 10.4. The number of carbonyl (C=O) groups excluding carboxylic acids is 1. The molecule has 0 aliphatic carbocycles. The first kappa shape index (κ1) is 11.7. The molecule has 0 aromatic rings. The van der Waals surface area contributed by atoms with Gasteiger partial charge in [-0.2, -0.15) is 0 Å². The van der Waals surface area contributed by atoms with E-state index in [9.17, 15) is 4.79 Å². The molecule has 1 aliphatic rings. The van der Waals surface area contributed by atoms with Crippen LogP contribution in [0.1, 0.15) is 46.0 Å². The average Bonchev–Trinajstić information content (AvgIpc) is 2.49. The third-order valence-corrected chi connectivity index (χ3v) is 3.54. The lowest BCUT2D eigenvalue weighted by Gasteiger charge is -2.22. The molecular weight excluding hydrogens is 174 g/mol. The molecule has 1 heterocycles. The zero-order valence-corrected chi connectivity index (χ0v) is 9.54. The van der Waals surface area contributed by atoms with Crippen molar-refractivity contribution in [1.29, 1.82) is 0 Å². The highest BCUT2D eigenvalue weighted by atomic mass is 16.1. The van der Waals surface area contributed by atoms with Crippen molar-refractivity contribution in [2.45, 2.75) is 52.0 Å². The predicted octanol–water partition coefficient (Wildman–Crippen LogP) is 2.48. The summed E-state index contributed by atoms with van der Waals surface area (Å²) in [6.45, 7) is 7.18. The van der Waals surface area contributed by atoms with Crippen molar-refractivity contribution < 1.29 is 4.79 Å². The maximum atomic E-state index is 10.1. The molecule has 0 N–H and O–H groups in total. The molecule has 14 heavy (non-hydrogen) atoms. The largest absolute Gasteiger partial charge is 0.303 e. The highest BCUT2D eigenvalue weighted by Gasteiger charge is 2.26. The SMILES string of the molecule is CC1CCN(CCCCCC=O)C1C. The van der Waals surface area contributed by atoms with Crippen LogP contribution in [0.5, 0.6) is 0 Å². The Hall–Kier alpha value is -0.370. The molecule has 82 valence electrons. The number of unbranched alkanes of at least 4 members (excludes halogenated alkanes) is 3. The van der Waals surface area contributed by atoms with E-state index in [1.165, 1.54) is 32.4 Å². The summed E-state index contributed by atoms with van der Waals surface area (Å²) in [4.78, 5) is 12.7. The summed E-state index contributed by atoms with van der Waals surface area (Å²) in [5, 5.41) is 0. The van der Waals surface area contributed by atoms with Crippen LogP contribution < -0.4 is 0 Å². The molecule has 1 rings (SSSR count). The second kappa shape index (κ2) is 6.18. The van der Waals surface area contributed by atoms with Crippen LogP contribution in [-0.4, -0.2) is 30.3 Å². The van der Waals surface area contributed by atoms with E-state index in [4.69, 9.17) is 0 Å². The number of hydrogen-bond acceptors (Lipinski definition) is 2. The summed E-state index contributed by atoms with van der Waals surface area (Å²) in [7, 11) is 0. The Labute approximate surface area is 87.7 Å². The van der Waals surface area contributed by atoms with Crippen LogP contribution in [0.2, 0.25) is 0 Å². The van der Waals surface area contributed by atoms with Crippen LogP contribution >= 0.6 is 0 Å². The number of carbonyl (C=O) groups is 1. The molecule has 0 bridgehead atoms. The summed E-state index contributed by atoms with van der Waals surface area (Å²) in [5.41, 5.74) is 0. The smallest absolute Gasteiger partial charge is 0.119 e. The Balaban J connectivity index is 2.04. The van der Waals surface area contributed by atoms with Crippen LogP contribution in [0.3, 0.4) is 0 Å². The lowest BCUT2D eigenvalue weighted by molar-refractivity contribution is -0.107. The minimum Gasteiger partial charge on any atom is -0.303 e. The molecule has 0 spiro atoms. The topological polar surface area (TPSA) is 20.3 Å². The highest BCUT2D eigenvalue weighted by Crippen LogP contribution is 2.23. The summed E-state index contributed by atoms with van der Waals surface area (Å²) < 4.78 is 0. The normalized spacial score (nSPS) is 28.1. The van der Waals surface area contributed by atoms with Crippen molar-refractivity contribution in [3.05, 3.63) is 0 Å². The Morgan fingerprint density at radius 2 is 2.07 bits per heavy atom. The quantitative estimate of drug-likeness (QED) is 0.481. The fourth-order valence-corrected chi connectivity index (χ4v) is 2.21. The van der Waals surface area contributed by atoms with E-state index in [1.54, 1.807) is 0 Å². The van der Waals surface area contributed by atoms with Crippen LogP contribution in [-0.2, 0) is 4.79 Å². The van der Waals surface area contributed by atoms with E-state index >= 15 is 0 Å². The first-order valence-corrected chi connectivity index (χ1v) is 5.93. The molecule has 0 aromatic carbocycles. The third-order valence-electron chi connectivity index (χ3n) is 3.54. The molecule has 0 saturated carbocycles. The number of rotatable bonds is 6. The number of aldehydes is 1. The van der Waals surface area contributed by atoms with Gasteiger partial charge in [-0.25, -0.2) is 0 Å². The fourth-order valence-electron chi connectivity index (χ4n) is 2.21. The second-order valence-corrected chi connectivity index (χ2v) is 4.56. The zero-order valence-electron chi connectivity index (χ0n) is 9.54. The Morgan fingerprint density at radius 1 is 1.29 bits per heavy atom. The van der Waals surface area contributed by atoms with Gasteiger partial charge < -0.3 is 9.69 Å². The van der Waals surface area contributed by atoms with E-state index in [0.29, 0.717) is 0 Å². The summed E-state index contributed by atoms with van der Waals surface area (Å²) in [6.07, 6.45) is 6.66. The molecule has 0 aromatic heterocycles. The van der Waals surface area contributed by atoms with E-state index in [1.807, 2.05) is 0 Å². The maximum absolute atomic E-state index is 10.1. The molecule has 0 radical (unpaired) electrons. The van der Waals surface area contributed by atoms with Crippen LogP contribution in [0, 0.1) is 5.92 Å². The van der Waals surface area contributed by atoms with Crippen molar-refractivity contribution in [3.8, 4) is 0 Å². The van der Waals surface area contributed by atoms with Gasteiger partial charge in [-0.1, -0.05) is 13.3 Å². The van der Waals surface area contributed by atoms with Gasteiger partial charge in [-0.15, -0.1) is 0 Å². The summed E-state index contributed by atoms with van der Waals surface area (Å²) in [5.74, 6) is 0.866. The van der Waals surface area contributed by atoms with Crippen molar-refractivity contribution in [1.82, 2.24) is 4.90 Å². The Morgan fingerprint density at radius 3 is 2.64 bits per heavy atom. The predicted molar refractivity (Wildman–Crippen MR) is 59.3 cm³/mol. The minimum absolute atomic E-state index is 0.742. The van der Waals surface area contributed by atoms with Crippen molar-refractivity contribution in [3.63, 3.8) is 0 Å². The molecule has 1 saturated heterocycles. The lowest BCUT2D eigenvalue weighted by atomic mass is 10.1. The minimum atomic E-state index is 0.742. The van der Waals surface area contributed by atoms with E-state index in [-0.39, 0.29) is 0 Å². The van der Waals surface area contributed by atoms with Crippen LogP contribution in [0.4, 0.5) is 0 Å².